The van der Waals surface area contributed by atoms with Gasteiger partial charge in [0.2, 0.25) is 0 Å². The highest BCUT2D eigenvalue weighted by atomic mass is 19.1. The van der Waals surface area contributed by atoms with Gasteiger partial charge in [0.15, 0.2) is 0 Å². The third kappa shape index (κ3) is 2.42. The van der Waals surface area contributed by atoms with Crippen LogP contribution in [0.15, 0.2) is 18.2 Å². The molecule has 0 amide bonds. The Kier molecular flexibility index (Phi) is 3.56. The van der Waals surface area contributed by atoms with Gasteiger partial charge in [-0.1, -0.05) is 12.1 Å². The second-order valence-corrected chi connectivity index (χ2v) is 4.50. The van der Waals surface area contributed by atoms with Crippen LogP contribution in [-0.2, 0) is 4.74 Å². The van der Waals surface area contributed by atoms with E-state index in [2.05, 4.69) is 0 Å². The summed E-state index contributed by atoms with van der Waals surface area (Å²) < 4.78 is 19.0. The summed E-state index contributed by atoms with van der Waals surface area (Å²) in [7, 11) is 0. The SMILES string of the molecule is Cc1ccc([C@@H](N)C2CCOCC2)c(F)c1. The number of ether oxygens (including phenoxy) is 1. The molecule has 0 radical (unpaired) electrons. The minimum absolute atomic E-state index is 0.181. The Morgan fingerprint density at radius 1 is 1.38 bits per heavy atom. The number of hydrogen-bond donors (Lipinski definition) is 1. The predicted molar refractivity (Wildman–Crippen MR) is 61.6 cm³/mol. The number of aryl methyl sites for hydroxylation is 1. The highest BCUT2D eigenvalue weighted by Gasteiger charge is 2.24. The van der Waals surface area contributed by atoms with Gasteiger partial charge >= 0.3 is 0 Å². The van der Waals surface area contributed by atoms with Crippen molar-refractivity contribution in [1.82, 2.24) is 0 Å². The van der Waals surface area contributed by atoms with Gasteiger partial charge in [-0.05, 0) is 37.3 Å². The first-order chi connectivity index (χ1) is 7.68. The minimum Gasteiger partial charge on any atom is -0.381 e. The van der Waals surface area contributed by atoms with Crippen molar-refractivity contribution < 1.29 is 9.13 Å². The van der Waals surface area contributed by atoms with E-state index >= 15 is 0 Å². The van der Waals surface area contributed by atoms with E-state index < -0.39 is 0 Å². The number of halogens is 1. The molecule has 0 aromatic heterocycles. The van der Waals surface area contributed by atoms with Crippen LogP contribution >= 0.6 is 0 Å². The molecule has 2 rings (SSSR count). The lowest BCUT2D eigenvalue weighted by Gasteiger charge is -2.28. The maximum Gasteiger partial charge on any atom is 0.128 e. The van der Waals surface area contributed by atoms with Crippen LogP contribution in [0.25, 0.3) is 0 Å². The maximum atomic E-state index is 13.7. The molecular formula is C13H18FNO. The molecule has 1 saturated heterocycles. The highest BCUT2D eigenvalue weighted by molar-refractivity contribution is 5.26. The monoisotopic (exact) mass is 223 g/mol. The summed E-state index contributed by atoms with van der Waals surface area (Å²) in [6, 6.07) is 5.07. The molecule has 3 heteroatoms. The van der Waals surface area contributed by atoms with Crippen molar-refractivity contribution in [1.29, 1.82) is 0 Å². The van der Waals surface area contributed by atoms with Gasteiger partial charge in [-0.25, -0.2) is 4.39 Å². The minimum atomic E-state index is -0.204. The van der Waals surface area contributed by atoms with Crippen LogP contribution in [0.2, 0.25) is 0 Å². The van der Waals surface area contributed by atoms with Gasteiger partial charge < -0.3 is 10.5 Å². The van der Waals surface area contributed by atoms with E-state index in [1.54, 1.807) is 6.07 Å². The summed E-state index contributed by atoms with van der Waals surface area (Å²) in [6.07, 6.45) is 1.85. The predicted octanol–water partition coefficient (Wildman–Crippen LogP) is 2.56. The smallest absolute Gasteiger partial charge is 0.128 e. The van der Waals surface area contributed by atoms with Crippen LogP contribution in [0.3, 0.4) is 0 Å². The van der Waals surface area contributed by atoms with Gasteiger partial charge in [-0.3, -0.25) is 0 Å². The Morgan fingerprint density at radius 3 is 2.69 bits per heavy atom. The van der Waals surface area contributed by atoms with E-state index in [0.717, 1.165) is 31.6 Å². The average Bonchev–Trinajstić information content (AvgIpc) is 2.29. The topological polar surface area (TPSA) is 35.2 Å². The lowest BCUT2D eigenvalue weighted by molar-refractivity contribution is 0.0580. The number of rotatable bonds is 2. The molecule has 1 heterocycles. The summed E-state index contributed by atoms with van der Waals surface area (Å²) in [6.45, 7) is 3.37. The molecule has 0 spiro atoms. The van der Waals surface area contributed by atoms with Gasteiger partial charge in [0.05, 0.1) is 0 Å². The Bertz CT molecular complexity index is 361. The zero-order valence-corrected chi connectivity index (χ0v) is 9.58. The third-order valence-corrected chi connectivity index (χ3v) is 3.29. The van der Waals surface area contributed by atoms with Crippen molar-refractivity contribution in [3.05, 3.63) is 35.1 Å². The first-order valence-corrected chi connectivity index (χ1v) is 5.78. The summed E-state index contributed by atoms with van der Waals surface area (Å²) in [4.78, 5) is 0. The molecule has 1 aromatic rings. The molecule has 16 heavy (non-hydrogen) atoms. The first-order valence-electron chi connectivity index (χ1n) is 5.78. The molecule has 0 aliphatic carbocycles. The van der Waals surface area contributed by atoms with Gasteiger partial charge in [0.1, 0.15) is 5.82 Å². The van der Waals surface area contributed by atoms with Gasteiger partial charge in [-0.2, -0.15) is 0 Å². The zero-order chi connectivity index (χ0) is 11.5. The molecular weight excluding hydrogens is 205 g/mol. The quantitative estimate of drug-likeness (QED) is 0.836. The first kappa shape index (κ1) is 11.6. The van der Waals surface area contributed by atoms with Crippen LogP contribution in [0.4, 0.5) is 4.39 Å². The summed E-state index contributed by atoms with van der Waals surface area (Å²) in [5.41, 5.74) is 7.69. The van der Waals surface area contributed by atoms with Crippen LogP contribution in [0.5, 0.6) is 0 Å². The lowest BCUT2D eigenvalue weighted by atomic mass is 9.87. The fourth-order valence-corrected chi connectivity index (χ4v) is 2.23. The van der Waals surface area contributed by atoms with Crippen LogP contribution in [0, 0.1) is 18.7 Å². The molecule has 1 aliphatic rings. The van der Waals surface area contributed by atoms with Crippen molar-refractivity contribution in [2.75, 3.05) is 13.2 Å². The van der Waals surface area contributed by atoms with Crippen molar-refractivity contribution in [3.8, 4) is 0 Å². The molecule has 0 saturated carbocycles. The van der Waals surface area contributed by atoms with Crippen LogP contribution in [-0.4, -0.2) is 13.2 Å². The number of hydrogen-bond acceptors (Lipinski definition) is 2. The second-order valence-electron chi connectivity index (χ2n) is 4.50. The molecule has 88 valence electrons. The summed E-state index contributed by atoms with van der Waals surface area (Å²) in [5.74, 6) is 0.157. The maximum absolute atomic E-state index is 13.7. The Morgan fingerprint density at radius 2 is 2.06 bits per heavy atom. The van der Waals surface area contributed by atoms with Crippen LogP contribution < -0.4 is 5.73 Å². The number of benzene rings is 1. The molecule has 0 unspecified atom stereocenters. The number of nitrogens with two attached hydrogens (primary N) is 1. The third-order valence-electron chi connectivity index (χ3n) is 3.29. The molecule has 1 aliphatic heterocycles. The largest absolute Gasteiger partial charge is 0.381 e. The Labute approximate surface area is 95.6 Å². The lowest BCUT2D eigenvalue weighted by Crippen LogP contribution is -2.28. The average molecular weight is 223 g/mol. The fourth-order valence-electron chi connectivity index (χ4n) is 2.23. The molecule has 0 bridgehead atoms. The van der Waals surface area contributed by atoms with Gasteiger partial charge in [0.25, 0.3) is 0 Å². The van der Waals surface area contributed by atoms with E-state index in [1.807, 2.05) is 19.1 Å². The van der Waals surface area contributed by atoms with Crippen molar-refractivity contribution in [3.63, 3.8) is 0 Å². The van der Waals surface area contributed by atoms with Crippen LogP contribution in [0.1, 0.15) is 30.0 Å². The van der Waals surface area contributed by atoms with Gasteiger partial charge in [-0.15, -0.1) is 0 Å². The van der Waals surface area contributed by atoms with E-state index in [9.17, 15) is 4.39 Å². The Hall–Kier alpha value is -0.930. The summed E-state index contributed by atoms with van der Waals surface area (Å²) >= 11 is 0. The van der Waals surface area contributed by atoms with Gasteiger partial charge in [0, 0.05) is 24.8 Å². The van der Waals surface area contributed by atoms with E-state index in [4.69, 9.17) is 10.5 Å². The molecule has 1 aromatic carbocycles. The Balaban J connectivity index is 2.15. The normalized spacial score (nSPS) is 19.7. The fraction of sp³-hybridized carbons (Fsp3) is 0.538. The molecule has 2 nitrogen and oxygen atoms in total. The standard InChI is InChI=1S/C13H18FNO/c1-9-2-3-11(12(14)8-9)13(15)10-4-6-16-7-5-10/h2-3,8,10,13H,4-7,15H2,1H3/t13-/m0/s1. The van der Waals surface area contributed by atoms with E-state index in [1.165, 1.54) is 0 Å². The molecule has 1 fully saturated rings. The molecule has 2 N–H and O–H groups in total. The van der Waals surface area contributed by atoms with E-state index in [-0.39, 0.29) is 11.9 Å². The van der Waals surface area contributed by atoms with E-state index in [0.29, 0.717) is 11.5 Å². The summed E-state index contributed by atoms with van der Waals surface area (Å²) in [5, 5.41) is 0. The highest BCUT2D eigenvalue weighted by Crippen LogP contribution is 2.29. The zero-order valence-electron chi connectivity index (χ0n) is 9.58. The van der Waals surface area contributed by atoms with Crippen molar-refractivity contribution in [2.45, 2.75) is 25.8 Å². The molecule has 1 atom stereocenters. The van der Waals surface area contributed by atoms with Crippen molar-refractivity contribution in [2.24, 2.45) is 11.7 Å². The second kappa shape index (κ2) is 4.93. The van der Waals surface area contributed by atoms with Crippen molar-refractivity contribution >= 4 is 0 Å².